The Morgan fingerprint density at radius 3 is 2.42 bits per heavy atom. The van der Waals surface area contributed by atoms with E-state index in [1.807, 2.05) is 6.08 Å². The van der Waals surface area contributed by atoms with Gasteiger partial charge in [-0.15, -0.1) is 0 Å². The second kappa shape index (κ2) is 8.75. The van der Waals surface area contributed by atoms with Crippen molar-refractivity contribution in [1.82, 2.24) is 0 Å². The van der Waals surface area contributed by atoms with E-state index in [0.717, 1.165) is 32.1 Å². The zero-order valence-corrected chi connectivity index (χ0v) is 21.8. The fourth-order valence-electron chi connectivity index (χ4n) is 9.68. The molecule has 0 spiro atoms. The molecular formula is C29H48O4. The van der Waals surface area contributed by atoms with Gasteiger partial charge in [-0.2, -0.15) is 0 Å². The van der Waals surface area contributed by atoms with Crippen molar-refractivity contribution >= 4 is 5.78 Å². The third kappa shape index (κ3) is 3.96. The number of carbonyl (C=O) groups excluding carboxylic acids is 1. The van der Waals surface area contributed by atoms with Crippen molar-refractivity contribution in [3.05, 3.63) is 11.6 Å². The Balaban J connectivity index is 1.54. The fourth-order valence-corrected chi connectivity index (χ4v) is 9.68. The van der Waals surface area contributed by atoms with Crippen LogP contribution in [0.5, 0.6) is 0 Å². The van der Waals surface area contributed by atoms with E-state index in [0.29, 0.717) is 30.1 Å². The normalized spacial score (nSPS) is 42.9. The zero-order valence-electron chi connectivity index (χ0n) is 21.8. The molecule has 0 saturated heterocycles. The van der Waals surface area contributed by atoms with Gasteiger partial charge < -0.3 is 15.3 Å². The minimum atomic E-state index is -1.61. The first-order valence-corrected chi connectivity index (χ1v) is 13.7. The Morgan fingerprint density at radius 1 is 1.09 bits per heavy atom. The SMILES string of the molecule is CC[C@H](C(C)C)C(O)(O)C[C@@H](C)[C@H]1CC[C@H]2[C@H]3CCC4=CC(=O)CC(O)[C@@]4(C)[C@H]3CC[C@]12C. The molecule has 3 saturated carbocycles. The predicted molar refractivity (Wildman–Crippen MR) is 131 cm³/mol. The molecule has 1 unspecified atom stereocenters. The highest BCUT2D eigenvalue weighted by molar-refractivity contribution is 5.92. The third-order valence-electron chi connectivity index (χ3n) is 11.3. The van der Waals surface area contributed by atoms with E-state index in [1.165, 1.54) is 18.4 Å². The van der Waals surface area contributed by atoms with Crippen molar-refractivity contribution in [1.29, 1.82) is 0 Å². The number of rotatable bonds is 6. The van der Waals surface area contributed by atoms with Gasteiger partial charge >= 0.3 is 0 Å². The van der Waals surface area contributed by atoms with Crippen LogP contribution < -0.4 is 0 Å². The monoisotopic (exact) mass is 460 g/mol. The van der Waals surface area contributed by atoms with Crippen LogP contribution in [-0.2, 0) is 4.79 Å². The van der Waals surface area contributed by atoms with E-state index in [-0.39, 0.29) is 40.8 Å². The number of fused-ring (bicyclic) bond motifs is 5. The van der Waals surface area contributed by atoms with Crippen LogP contribution in [0.2, 0.25) is 0 Å². The lowest BCUT2D eigenvalue weighted by atomic mass is 9.46. The molecule has 0 aromatic heterocycles. The number of aliphatic hydroxyl groups excluding tert-OH is 1. The molecule has 0 aromatic carbocycles. The third-order valence-corrected chi connectivity index (χ3v) is 11.3. The maximum absolute atomic E-state index is 12.1. The molecule has 3 N–H and O–H groups in total. The molecule has 4 aliphatic carbocycles. The Kier molecular flexibility index (Phi) is 6.73. The van der Waals surface area contributed by atoms with Crippen LogP contribution in [0.3, 0.4) is 0 Å². The van der Waals surface area contributed by atoms with Gasteiger partial charge in [0.15, 0.2) is 11.6 Å². The Bertz CT molecular complexity index is 784. The average Bonchev–Trinajstić information content (AvgIpc) is 3.06. The van der Waals surface area contributed by atoms with Crippen molar-refractivity contribution in [2.75, 3.05) is 0 Å². The molecule has 4 rings (SSSR count). The molecule has 9 atom stereocenters. The highest BCUT2D eigenvalue weighted by Crippen LogP contribution is 2.67. The lowest BCUT2D eigenvalue weighted by Gasteiger charge is -2.59. The summed E-state index contributed by atoms with van der Waals surface area (Å²) in [5.41, 5.74) is 1.17. The zero-order chi connectivity index (χ0) is 24.3. The molecule has 0 radical (unpaired) electrons. The van der Waals surface area contributed by atoms with Gasteiger partial charge in [0.1, 0.15) is 0 Å². The van der Waals surface area contributed by atoms with Crippen molar-refractivity contribution in [2.45, 2.75) is 111 Å². The number of ketones is 1. The summed E-state index contributed by atoms with van der Waals surface area (Å²) in [6.07, 6.45) is 9.51. The molecule has 0 heterocycles. The average molecular weight is 461 g/mol. The highest BCUT2D eigenvalue weighted by atomic mass is 16.5. The Labute approximate surface area is 201 Å². The first kappa shape index (κ1) is 25.4. The van der Waals surface area contributed by atoms with Crippen molar-refractivity contribution in [3.63, 3.8) is 0 Å². The molecule has 4 aliphatic rings. The van der Waals surface area contributed by atoms with E-state index >= 15 is 0 Å². The second-order valence-corrected chi connectivity index (χ2v) is 13.1. The lowest BCUT2D eigenvalue weighted by molar-refractivity contribution is -0.225. The Morgan fingerprint density at radius 2 is 1.79 bits per heavy atom. The van der Waals surface area contributed by atoms with Crippen molar-refractivity contribution in [2.24, 2.45) is 52.3 Å². The van der Waals surface area contributed by atoms with E-state index in [4.69, 9.17) is 0 Å². The van der Waals surface area contributed by atoms with E-state index < -0.39 is 11.9 Å². The first-order chi connectivity index (χ1) is 15.4. The van der Waals surface area contributed by atoms with Crippen LogP contribution in [0.25, 0.3) is 0 Å². The molecule has 4 heteroatoms. The van der Waals surface area contributed by atoms with Crippen LogP contribution in [0.1, 0.15) is 99.3 Å². The van der Waals surface area contributed by atoms with Crippen LogP contribution >= 0.6 is 0 Å². The molecular weight excluding hydrogens is 412 g/mol. The smallest absolute Gasteiger partial charge is 0.165 e. The van der Waals surface area contributed by atoms with Crippen LogP contribution in [0, 0.1) is 52.3 Å². The number of aliphatic hydroxyl groups is 3. The van der Waals surface area contributed by atoms with E-state index in [2.05, 4.69) is 41.5 Å². The maximum Gasteiger partial charge on any atom is 0.165 e. The van der Waals surface area contributed by atoms with Gasteiger partial charge in [-0.25, -0.2) is 0 Å². The van der Waals surface area contributed by atoms with Crippen LogP contribution in [0.15, 0.2) is 11.6 Å². The summed E-state index contributed by atoms with van der Waals surface area (Å²) in [5.74, 6) is 1.09. The van der Waals surface area contributed by atoms with E-state index in [1.54, 1.807) is 0 Å². The molecule has 3 fully saturated rings. The summed E-state index contributed by atoms with van der Waals surface area (Å²) >= 11 is 0. The van der Waals surface area contributed by atoms with Crippen LogP contribution in [0.4, 0.5) is 0 Å². The van der Waals surface area contributed by atoms with E-state index in [9.17, 15) is 20.1 Å². The maximum atomic E-state index is 12.1. The molecule has 0 bridgehead atoms. The molecule has 0 aromatic rings. The van der Waals surface area contributed by atoms with Gasteiger partial charge in [0.05, 0.1) is 6.10 Å². The van der Waals surface area contributed by atoms with Crippen LogP contribution in [-0.4, -0.2) is 33.0 Å². The number of hydrogen-bond donors (Lipinski definition) is 3. The summed E-state index contributed by atoms with van der Waals surface area (Å²) in [7, 11) is 0. The largest absolute Gasteiger partial charge is 0.392 e. The van der Waals surface area contributed by atoms with Crippen molar-refractivity contribution in [3.8, 4) is 0 Å². The minimum absolute atomic E-state index is 0.0899. The highest BCUT2D eigenvalue weighted by Gasteiger charge is 2.61. The molecule has 0 aliphatic heterocycles. The fraction of sp³-hybridized carbons (Fsp3) is 0.897. The van der Waals surface area contributed by atoms with Gasteiger partial charge in [-0.05, 0) is 91.9 Å². The predicted octanol–water partition coefficient (Wildman–Crippen LogP) is 5.49. The summed E-state index contributed by atoms with van der Waals surface area (Å²) in [5, 5.41) is 33.1. The summed E-state index contributed by atoms with van der Waals surface area (Å²) in [6, 6.07) is 0. The first-order valence-electron chi connectivity index (χ1n) is 13.7. The lowest BCUT2D eigenvalue weighted by Crippen LogP contribution is -2.55. The molecule has 33 heavy (non-hydrogen) atoms. The topological polar surface area (TPSA) is 77.8 Å². The van der Waals surface area contributed by atoms with Crippen molar-refractivity contribution < 1.29 is 20.1 Å². The number of hydrogen-bond acceptors (Lipinski definition) is 4. The van der Waals surface area contributed by atoms with Gasteiger partial charge in [-0.3, -0.25) is 4.79 Å². The second-order valence-electron chi connectivity index (χ2n) is 13.1. The Hall–Kier alpha value is -0.710. The molecule has 4 nitrogen and oxygen atoms in total. The standard InChI is InChI=1S/C29H48O4/c1-7-22(17(2)3)29(32,33)16-18(4)23-10-11-24-21-9-8-19-14-20(30)15-26(31)28(19,6)25(21)12-13-27(23,24)5/h14,17-18,21-26,31-33H,7-13,15-16H2,1-6H3/t18-,21-,22-,23-,24+,25+,26?,27-,28-/m1/s1. The number of carbonyl (C=O) groups is 1. The summed E-state index contributed by atoms with van der Waals surface area (Å²) in [4.78, 5) is 12.1. The summed E-state index contributed by atoms with van der Waals surface area (Å²) < 4.78 is 0. The van der Waals surface area contributed by atoms with Gasteiger partial charge in [0.25, 0.3) is 0 Å². The quantitative estimate of drug-likeness (QED) is 0.458. The minimum Gasteiger partial charge on any atom is -0.392 e. The molecule has 0 amide bonds. The van der Waals surface area contributed by atoms with Gasteiger partial charge in [0.2, 0.25) is 0 Å². The van der Waals surface area contributed by atoms with Gasteiger partial charge in [0, 0.05) is 24.2 Å². The summed E-state index contributed by atoms with van der Waals surface area (Å²) in [6.45, 7) is 13.2. The molecule has 188 valence electrons. The van der Waals surface area contributed by atoms with Gasteiger partial charge in [-0.1, -0.05) is 47.1 Å².